The molecule has 1 aromatic heterocycles. The first-order valence-electron chi connectivity index (χ1n) is 16.7. The number of hydrogen-bond donors (Lipinski definition) is 0. The van der Waals surface area contributed by atoms with E-state index in [1.54, 1.807) is 0 Å². The summed E-state index contributed by atoms with van der Waals surface area (Å²) in [6.45, 7) is 6.84. The molecule has 0 aliphatic heterocycles. The fourth-order valence-corrected chi connectivity index (χ4v) is 7.01. The molecule has 1 heterocycles. The largest absolute Gasteiger partial charge is 0.335 e. The van der Waals surface area contributed by atoms with E-state index in [0.717, 1.165) is 17.1 Å². The van der Waals surface area contributed by atoms with E-state index in [4.69, 9.17) is 0 Å². The van der Waals surface area contributed by atoms with Gasteiger partial charge in [0.1, 0.15) is 0 Å². The minimum atomic E-state index is -0.0131. The first-order valence-corrected chi connectivity index (χ1v) is 16.7. The Balaban J connectivity index is 1.13. The quantitative estimate of drug-likeness (QED) is 0.180. The topological polar surface area (TPSA) is 8.17 Å². The van der Waals surface area contributed by atoms with Gasteiger partial charge in [0.2, 0.25) is 0 Å². The highest BCUT2D eigenvalue weighted by Crippen LogP contribution is 2.39. The van der Waals surface area contributed by atoms with E-state index < -0.39 is 0 Å². The van der Waals surface area contributed by atoms with Gasteiger partial charge in [-0.05, 0) is 109 Å². The second-order valence-corrected chi connectivity index (χ2v) is 13.5. The van der Waals surface area contributed by atoms with Gasteiger partial charge < -0.3 is 9.47 Å². The average molecular weight is 619 g/mol. The molecule has 8 rings (SSSR count). The lowest BCUT2D eigenvalue weighted by Gasteiger charge is -2.26. The number of para-hydroxylation sites is 2. The molecule has 0 spiro atoms. The molecular weight excluding hydrogens is 581 g/mol. The van der Waals surface area contributed by atoms with E-state index in [-0.39, 0.29) is 5.54 Å². The fraction of sp³-hybridized carbons (Fsp3) is 0.0870. The van der Waals surface area contributed by atoms with Gasteiger partial charge in [-0.15, -0.1) is 0 Å². The minimum Gasteiger partial charge on any atom is -0.335 e. The van der Waals surface area contributed by atoms with Crippen molar-refractivity contribution in [1.82, 2.24) is 4.57 Å². The highest BCUT2D eigenvalue weighted by atomic mass is 15.1. The second-order valence-electron chi connectivity index (χ2n) is 13.5. The van der Waals surface area contributed by atoms with Crippen molar-refractivity contribution in [1.29, 1.82) is 0 Å². The molecule has 0 aliphatic carbocycles. The summed E-state index contributed by atoms with van der Waals surface area (Å²) < 4.78 is 2.47. The monoisotopic (exact) mass is 618 g/mol. The van der Waals surface area contributed by atoms with Crippen LogP contribution in [0.2, 0.25) is 0 Å². The Morgan fingerprint density at radius 1 is 0.354 bits per heavy atom. The SMILES string of the molecule is CC(C)(C)n1c2ccccc2c2cc(-c3ccc(-c4cccc(N(c5ccccc5)c5ccc(-c6ccccc6)cc5)c4)cc3)ccc21. The molecule has 2 heteroatoms. The summed E-state index contributed by atoms with van der Waals surface area (Å²) in [5, 5.41) is 2.60. The van der Waals surface area contributed by atoms with Gasteiger partial charge in [-0.25, -0.2) is 0 Å². The van der Waals surface area contributed by atoms with Gasteiger partial charge in [-0.1, -0.05) is 121 Å². The van der Waals surface area contributed by atoms with Crippen LogP contribution in [-0.4, -0.2) is 4.57 Å². The molecule has 0 bridgehead atoms. The van der Waals surface area contributed by atoms with Crippen LogP contribution in [0, 0.1) is 0 Å². The second kappa shape index (κ2) is 12.1. The fourth-order valence-electron chi connectivity index (χ4n) is 7.01. The molecule has 48 heavy (non-hydrogen) atoms. The Labute approximate surface area is 283 Å². The first kappa shape index (κ1) is 29.5. The van der Waals surface area contributed by atoms with E-state index in [2.05, 4.69) is 206 Å². The van der Waals surface area contributed by atoms with E-state index in [1.165, 1.54) is 55.2 Å². The normalized spacial score (nSPS) is 11.6. The Hall–Kier alpha value is -5.86. The summed E-state index contributed by atoms with van der Waals surface area (Å²) in [6, 6.07) is 63.5. The molecular formula is C46H38N2. The molecule has 0 atom stereocenters. The van der Waals surface area contributed by atoms with Crippen LogP contribution < -0.4 is 4.90 Å². The van der Waals surface area contributed by atoms with Gasteiger partial charge in [0.05, 0.1) is 0 Å². The van der Waals surface area contributed by atoms with Crippen molar-refractivity contribution in [3.05, 3.63) is 176 Å². The lowest BCUT2D eigenvalue weighted by Crippen LogP contribution is -2.21. The van der Waals surface area contributed by atoms with Gasteiger partial charge in [-0.3, -0.25) is 0 Å². The van der Waals surface area contributed by atoms with Gasteiger partial charge in [-0.2, -0.15) is 0 Å². The Bertz CT molecular complexity index is 2340. The molecule has 0 unspecified atom stereocenters. The van der Waals surface area contributed by atoms with Crippen LogP contribution in [0.5, 0.6) is 0 Å². The van der Waals surface area contributed by atoms with Crippen LogP contribution >= 0.6 is 0 Å². The summed E-state index contributed by atoms with van der Waals surface area (Å²) >= 11 is 0. The van der Waals surface area contributed by atoms with E-state index >= 15 is 0 Å². The molecule has 0 N–H and O–H groups in total. The number of anilines is 3. The van der Waals surface area contributed by atoms with Crippen LogP contribution in [0.4, 0.5) is 17.1 Å². The van der Waals surface area contributed by atoms with E-state index in [1.807, 2.05) is 0 Å². The lowest BCUT2D eigenvalue weighted by atomic mass is 9.98. The molecule has 232 valence electrons. The summed E-state index contributed by atoms with van der Waals surface area (Å²) in [5.74, 6) is 0. The molecule has 0 radical (unpaired) electrons. The first-order chi connectivity index (χ1) is 23.4. The summed E-state index contributed by atoms with van der Waals surface area (Å²) in [6.07, 6.45) is 0. The predicted molar refractivity (Wildman–Crippen MR) is 205 cm³/mol. The molecule has 0 fully saturated rings. The Morgan fingerprint density at radius 3 is 1.50 bits per heavy atom. The number of benzene rings is 7. The minimum absolute atomic E-state index is 0.0131. The standard InChI is InChI=1S/C46H38N2/c1-46(2,3)48-44-20-11-10-19-42(44)43-32-38(27-30-45(43)48)36-23-21-35(22-24-36)37-15-12-18-41(31-37)47(39-16-8-5-9-17-39)40-28-25-34(26-29-40)33-13-6-4-7-14-33/h4-32H,1-3H3. The summed E-state index contributed by atoms with van der Waals surface area (Å²) in [5.41, 5.74) is 13.2. The zero-order valence-corrected chi connectivity index (χ0v) is 27.6. The molecule has 7 aromatic carbocycles. The maximum Gasteiger partial charge on any atom is 0.0496 e. The maximum atomic E-state index is 2.47. The molecule has 2 nitrogen and oxygen atoms in total. The van der Waals surface area contributed by atoms with Crippen molar-refractivity contribution in [3.63, 3.8) is 0 Å². The third kappa shape index (κ3) is 5.46. The van der Waals surface area contributed by atoms with Crippen LogP contribution in [-0.2, 0) is 5.54 Å². The van der Waals surface area contributed by atoms with Crippen molar-refractivity contribution in [2.45, 2.75) is 26.3 Å². The Kier molecular flexibility index (Phi) is 7.42. The van der Waals surface area contributed by atoms with Crippen LogP contribution in [0.1, 0.15) is 20.8 Å². The zero-order chi connectivity index (χ0) is 32.7. The highest BCUT2D eigenvalue weighted by molar-refractivity contribution is 6.09. The lowest BCUT2D eigenvalue weighted by molar-refractivity contribution is 0.423. The molecule has 0 saturated carbocycles. The maximum absolute atomic E-state index is 2.47. The number of fused-ring (bicyclic) bond motifs is 3. The van der Waals surface area contributed by atoms with Crippen molar-refractivity contribution in [2.75, 3.05) is 4.90 Å². The van der Waals surface area contributed by atoms with Crippen molar-refractivity contribution < 1.29 is 0 Å². The third-order valence-electron chi connectivity index (χ3n) is 9.25. The van der Waals surface area contributed by atoms with Crippen LogP contribution in [0.15, 0.2) is 176 Å². The number of aromatic nitrogens is 1. The average Bonchev–Trinajstić information content (AvgIpc) is 3.48. The van der Waals surface area contributed by atoms with E-state index in [9.17, 15) is 0 Å². The third-order valence-corrected chi connectivity index (χ3v) is 9.25. The van der Waals surface area contributed by atoms with Gasteiger partial charge in [0.15, 0.2) is 0 Å². The van der Waals surface area contributed by atoms with Gasteiger partial charge in [0, 0.05) is 44.4 Å². The number of nitrogens with zero attached hydrogens (tertiary/aromatic N) is 2. The molecule has 0 amide bonds. The predicted octanol–water partition coefficient (Wildman–Crippen LogP) is 13.0. The number of hydrogen-bond acceptors (Lipinski definition) is 1. The van der Waals surface area contributed by atoms with Gasteiger partial charge >= 0.3 is 0 Å². The zero-order valence-electron chi connectivity index (χ0n) is 27.6. The van der Waals surface area contributed by atoms with Crippen LogP contribution in [0.25, 0.3) is 55.2 Å². The molecule has 8 aromatic rings. The Morgan fingerprint density at radius 2 is 0.812 bits per heavy atom. The van der Waals surface area contributed by atoms with Crippen molar-refractivity contribution in [3.8, 4) is 33.4 Å². The van der Waals surface area contributed by atoms with Gasteiger partial charge in [0.25, 0.3) is 0 Å². The van der Waals surface area contributed by atoms with E-state index in [0.29, 0.717) is 0 Å². The van der Waals surface area contributed by atoms with Crippen molar-refractivity contribution in [2.24, 2.45) is 0 Å². The number of rotatable bonds is 6. The smallest absolute Gasteiger partial charge is 0.0496 e. The molecule has 0 aliphatic rings. The highest BCUT2D eigenvalue weighted by Gasteiger charge is 2.20. The summed E-state index contributed by atoms with van der Waals surface area (Å²) in [7, 11) is 0. The van der Waals surface area contributed by atoms with Crippen LogP contribution in [0.3, 0.4) is 0 Å². The summed E-state index contributed by atoms with van der Waals surface area (Å²) in [4.78, 5) is 2.33. The molecule has 0 saturated heterocycles. The van der Waals surface area contributed by atoms with Crippen molar-refractivity contribution >= 4 is 38.9 Å².